The summed E-state index contributed by atoms with van der Waals surface area (Å²) in [6, 6.07) is 5.64. The summed E-state index contributed by atoms with van der Waals surface area (Å²) < 4.78 is 5.92. The zero-order chi connectivity index (χ0) is 11.0. The Bertz CT molecular complexity index is 531. The van der Waals surface area contributed by atoms with Crippen LogP contribution >= 0.6 is 15.9 Å². The van der Waals surface area contributed by atoms with E-state index in [-0.39, 0.29) is 5.78 Å². The van der Waals surface area contributed by atoms with Crippen molar-refractivity contribution in [3.63, 3.8) is 0 Å². The van der Waals surface area contributed by atoms with Crippen molar-refractivity contribution >= 4 is 32.6 Å². The Labute approximate surface area is 95.6 Å². The third-order valence-electron chi connectivity index (χ3n) is 2.29. The summed E-state index contributed by atoms with van der Waals surface area (Å²) in [5, 5.41) is 0.958. The number of nitrogens with one attached hydrogen (secondary N) is 1. The van der Waals surface area contributed by atoms with Crippen molar-refractivity contribution in [2.45, 2.75) is 6.92 Å². The second-order valence-corrected chi connectivity index (χ2v) is 4.07. The largest absolute Gasteiger partial charge is 0.497 e. The van der Waals surface area contributed by atoms with E-state index in [0.717, 1.165) is 21.1 Å². The lowest BCUT2D eigenvalue weighted by atomic mass is 10.2. The molecule has 3 nitrogen and oxygen atoms in total. The zero-order valence-corrected chi connectivity index (χ0v) is 10.0. The summed E-state index contributed by atoms with van der Waals surface area (Å²) in [5.41, 5.74) is 1.52. The highest BCUT2D eigenvalue weighted by Crippen LogP contribution is 2.30. The van der Waals surface area contributed by atoms with Gasteiger partial charge in [-0.1, -0.05) is 0 Å². The zero-order valence-electron chi connectivity index (χ0n) is 8.43. The van der Waals surface area contributed by atoms with Gasteiger partial charge in [0.15, 0.2) is 5.78 Å². The van der Waals surface area contributed by atoms with Gasteiger partial charge in [0.2, 0.25) is 0 Å². The summed E-state index contributed by atoms with van der Waals surface area (Å²) in [5.74, 6) is 0.786. The van der Waals surface area contributed by atoms with Crippen molar-refractivity contribution in [1.29, 1.82) is 0 Å². The molecule has 4 heteroatoms. The van der Waals surface area contributed by atoms with Gasteiger partial charge < -0.3 is 9.72 Å². The first-order chi connectivity index (χ1) is 7.13. The van der Waals surface area contributed by atoms with Crippen LogP contribution in [0, 0.1) is 0 Å². The van der Waals surface area contributed by atoms with Crippen LogP contribution in [0.15, 0.2) is 22.7 Å². The first kappa shape index (κ1) is 10.2. The van der Waals surface area contributed by atoms with Crippen LogP contribution in [0.25, 0.3) is 10.9 Å². The second kappa shape index (κ2) is 3.70. The Morgan fingerprint density at radius 1 is 1.47 bits per heavy atom. The Morgan fingerprint density at radius 2 is 2.20 bits per heavy atom. The Kier molecular flexibility index (Phi) is 2.52. The predicted octanol–water partition coefficient (Wildman–Crippen LogP) is 3.14. The number of ketones is 1. The van der Waals surface area contributed by atoms with Crippen molar-refractivity contribution in [1.82, 2.24) is 4.98 Å². The highest BCUT2D eigenvalue weighted by molar-refractivity contribution is 9.10. The lowest BCUT2D eigenvalue weighted by Gasteiger charge is -1.98. The second-order valence-electron chi connectivity index (χ2n) is 3.28. The minimum Gasteiger partial charge on any atom is -0.497 e. The van der Waals surface area contributed by atoms with E-state index in [4.69, 9.17) is 4.74 Å². The molecule has 0 bridgehead atoms. The highest BCUT2D eigenvalue weighted by atomic mass is 79.9. The van der Waals surface area contributed by atoms with Gasteiger partial charge >= 0.3 is 0 Å². The molecular weight excluding hydrogens is 258 g/mol. The number of halogens is 1. The summed E-state index contributed by atoms with van der Waals surface area (Å²) in [6.45, 7) is 1.53. The molecule has 1 heterocycles. The summed E-state index contributed by atoms with van der Waals surface area (Å²) in [4.78, 5) is 14.4. The number of ether oxygens (including phenoxy) is 1. The number of carbonyl (C=O) groups excluding carboxylic acids is 1. The van der Waals surface area contributed by atoms with Gasteiger partial charge in [0.25, 0.3) is 0 Å². The molecule has 1 N–H and O–H groups in total. The number of hydrogen-bond donors (Lipinski definition) is 1. The standard InChI is InChI=1S/C11H10BrNO2/c1-6(14)11-10(12)8-5-7(15-2)3-4-9(8)13-11/h3-5,13H,1-2H3. The number of hydrogen-bond acceptors (Lipinski definition) is 2. The number of fused-ring (bicyclic) bond motifs is 1. The number of benzene rings is 1. The van der Waals surface area contributed by atoms with E-state index in [1.165, 1.54) is 6.92 Å². The molecule has 1 aromatic carbocycles. The maximum absolute atomic E-state index is 11.3. The van der Waals surface area contributed by atoms with Crippen molar-refractivity contribution in [2.24, 2.45) is 0 Å². The average molecular weight is 268 g/mol. The fourth-order valence-electron chi connectivity index (χ4n) is 1.51. The monoisotopic (exact) mass is 267 g/mol. The average Bonchev–Trinajstić information content (AvgIpc) is 2.56. The number of H-pyrrole nitrogens is 1. The van der Waals surface area contributed by atoms with E-state index in [0.29, 0.717) is 5.69 Å². The fourth-order valence-corrected chi connectivity index (χ4v) is 2.21. The van der Waals surface area contributed by atoms with E-state index in [9.17, 15) is 4.79 Å². The van der Waals surface area contributed by atoms with Crippen molar-refractivity contribution in [3.05, 3.63) is 28.4 Å². The van der Waals surface area contributed by atoms with Crippen LogP contribution in [0.5, 0.6) is 5.75 Å². The number of aromatic amines is 1. The van der Waals surface area contributed by atoms with E-state index in [2.05, 4.69) is 20.9 Å². The molecule has 0 fully saturated rings. The highest BCUT2D eigenvalue weighted by Gasteiger charge is 2.12. The van der Waals surface area contributed by atoms with Gasteiger partial charge in [0, 0.05) is 17.8 Å². The molecule has 0 amide bonds. The molecule has 0 unspecified atom stereocenters. The van der Waals surface area contributed by atoms with Gasteiger partial charge in [-0.15, -0.1) is 0 Å². The third-order valence-corrected chi connectivity index (χ3v) is 3.12. The first-order valence-electron chi connectivity index (χ1n) is 4.49. The van der Waals surface area contributed by atoms with Crippen LogP contribution in [-0.4, -0.2) is 17.9 Å². The van der Waals surface area contributed by atoms with E-state index < -0.39 is 0 Å². The molecule has 0 radical (unpaired) electrons. The molecule has 0 aliphatic rings. The number of aromatic nitrogens is 1. The first-order valence-corrected chi connectivity index (χ1v) is 5.29. The van der Waals surface area contributed by atoms with Gasteiger partial charge in [-0.2, -0.15) is 0 Å². The maximum Gasteiger partial charge on any atom is 0.177 e. The minimum absolute atomic E-state index is 0.0111. The fraction of sp³-hybridized carbons (Fsp3) is 0.182. The maximum atomic E-state index is 11.3. The van der Waals surface area contributed by atoms with Crippen LogP contribution in [0.4, 0.5) is 0 Å². The quantitative estimate of drug-likeness (QED) is 0.850. The molecule has 78 valence electrons. The molecule has 0 saturated carbocycles. The molecular formula is C11H10BrNO2. The Balaban J connectivity index is 2.72. The van der Waals surface area contributed by atoms with E-state index in [1.807, 2.05) is 18.2 Å². The van der Waals surface area contributed by atoms with E-state index in [1.54, 1.807) is 7.11 Å². The molecule has 2 rings (SSSR count). The van der Waals surface area contributed by atoms with Crippen LogP contribution in [-0.2, 0) is 0 Å². The van der Waals surface area contributed by atoms with Gasteiger partial charge in [0.05, 0.1) is 17.3 Å². The molecule has 0 aliphatic carbocycles. The SMILES string of the molecule is COc1ccc2[nH]c(C(C)=O)c(Br)c2c1. The van der Waals surface area contributed by atoms with E-state index >= 15 is 0 Å². The van der Waals surface area contributed by atoms with Crippen LogP contribution in [0.3, 0.4) is 0 Å². The minimum atomic E-state index is 0.0111. The molecule has 0 atom stereocenters. The summed E-state index contributed by atoms with van der Waals surface area (Å²) in [6.07, 6.45) is 0. The molecule has 2 aromatic rings. The number of methoxy groups -OCH3 is 1. The van der Waals surface area contributed by atoms with Gasteiger partial charge in [-0.3, -0.25) is 4.79 Å². The number of carbonyl (C=O) groups is 1. The predicted molar refractivity (Wildman–Crippen MR) is 62.6 cm³/mol. The molecule has 1 aromatic heterocycles. The summed E-state index contributed by atoms with van der Waals surface area (Å²) >= 11 is 3.41. The van der Waals surface area contributed by atoms with Gasteiger partial charge in [-0.25, -0.2) is 0 Å². The van der Waals surface area contributed by atoms with Crippen LogP contribution < -0.4 is 4.74 Å². The van der Waals surface area contributed by atoms with Gasteiger partial charge in [0.1, 0.15) is 5.75 Å². The van der Waals surface area contributed by atoms with Gasteiger partial charge in [-0.05, 0) is 34.1 Å². The lowest BCUT2D eigenvalue weighted by molar-refractivity contribution is 0.101. The Morgan fingerprint density at radius 3 is 2.80 bits per heavy atom. The summed E-state index contributed by atoms with van der Waals surface area (Å²) in [7, 11) is 1.62. The topological polar surface area (TPSA) is 42.1 Å². The molecule has 15 heavy (non-hydrogen) atoms. The molecule has 0 spiro atoms. The normalized spacial score (nSPS) is 10.6. The Hall–Kier alpha value is -1.29. The third kappa shape index (κ3) is 1.65. The van der Waals surface area contributed by atoms with Crippen molar-refractivity contribution in [3.8, 4) is 5.75 Å². The smallest absolute Gasteiger partial charge is 0.177 e. The lowest BCUT2D eigenvalue weighted by Crippen LogP contribution is -1.91. The van der Waals surface area contributed by atoms with Crippen LogP contribution in [0.2, 0.25) is 0 Å². The number of rotatable bonds is 2. The number of Topliss-reactive ketones (excluding diaryl/α,β-unsaturated/α-hetero) is 1. The molecule has 0 saturated heterocycles. The molecule has 0 aliphatic heterocycles. The van der Waals surface area contributed by atoms with Crippen LogP contribution in [0.1, 0.15) is 17.4 Å². The van der Waals surface area contributed by atoms with Crippen molar-refractivity contribution < 1.29 is 9.53 Å². The van der Waals surface area contributed by atoms with Crippen molar-refractivity contribution in [2.75, 3.05) is 7.11 Å².